The van der Waals surface area contributed by atoms with Crippen molar-refractivity contribution >= 4 is 23.9 Å². The van der Waals surface area contributed by atoms with Crippen molar-refractivity contribution in [1.29, 1.82) is 0 Å². The van der Waals surface area contributed by atoms with Crippen LogP contribution in [0, 0.1) is 11.8 Å². The third-order valence-electron chi connectivity index (χ3n) is 3.22. The normalized spacial score (nSPS) is 40.5. The predicted octanol–water partition coefficient (Wildman–Crippen LogP) is -2.35. The number of fused-ring (bicyclic) bond motifs is 4. The van der Waals surface area contributed by atoms with E-state index in [0.717, 1.165) is 0 Å². The van der Waals surface area contributed by atoms with Gasteiger partial charge in [0.2, 0.25) is 11.8 Å². The number of hydrogen-bond acceptors (Lipinski definition) is 4. The van der Waals surface area contributed by atoms with E-state index < -0.39 is 47.8 Å². The van der Waals surface area contributed by atoms with Gasteiger partial charge in [-0.15, -0.1) is 0 Å². The van der Waals surface area contributed by atoms with E-state index in [0.29, 0.717) is 0 Å². The molecule has 3 fully saturated rings. The molecule has 4 N–H and O–H groups in total. The Labute approximate surface area is 89.1 Å². The fourth-order valence-electron chi connectivity index (χ4n) is 2.52. The summed E-state index contributed by atoms with van der Waals surface area (Å²) in [6.45, 7) is 0. The molecule has 1 saturated carbocycles. The quantitative estimate of drug-likeness (QED) is 0.368. The molecule has 0 unspecified atom stereocenters. The molecule has 2 aliphatic heterocycles. The second kappa shape index (κ2) is 2.71. The maximum absolute atomic E-state index is 11.5. The highest BCUT2D eigenvalue weighted by Crippen LogP contribution is 2.38. The highest BCUT2D eigenvalue weighted by atomic mass is 16.2. The van der Waals surface area contributed by atoms with Crippen LogP contribution in [0.3, 0.4) is 0 Å². The second-order valence-electron chi connectivity index (χ2n) is 4.03. The molecule has 8 nitrogen and oxygen atoms in total. The van der Waals surface area contributed by atoms with Crippen LogP contribution in [0.25, 0.3) is 0 Å². The number of rotatable bonds is 0. The van der Waals surface area contributed by atoms with Crippen molar-refractivity contribution in [3.8, 4) is 0 Å². The number of nitrogens with one attached hydrogen (secondary N) is 4. The zero-order chi connectivity index (χ0) is 11.4. The molecule has 84 valence electrons. The molecule has 1 aliphatic carbocycles. The Balaban J connectivity index is 1.89. The number of carbonyl (C=O) groups excluding carboxylic acids is 4. The van der Waals surface area contributed by atoms with Crippen molar-refractivity contribution in [2.24, 2.45) is 11.8 Å². The standard InChI is InChI=1S/C8H8N4O4/c13-5-1-3(9-7(15)11-5)2-4(1)10-8(16)12-6(2)14/h1-4H,(H2,9,11,13,15)(H2,10,12,14,16). The topological polar surface area (TPSA) is 116 Å². The summed E-state index contributed by atoms with van der Waals surface area (Å²) in [5, 5.41) is 9.22. The molecule has 0 aromatic carbocycles. The molecule has 0 aromatic heterocycles. The van der Waals surface area contributed by atoms with Gasteiger partial charge in [0.15, 0.2) is 0 Å². The Kier molecular flexibility index (Phi) is 1.55. The van der Waals surface area contributed by atoms with Gasteiger partial charge in [0, 0.05) is 0 Å². The van der Waals surface area contributed by atoms with Gasteiger partial charge in [0.05, 0.1) is 23.9 Å². The maximum atomic E-state index is 11.5. The number of urea groups is 2. The summed E-state index contributed by atoms with van der Waals surface area (Å²) < 4.78 is 0. The van der Waals surface area contributed by atoms with Gasteiger partial charge in [-0.2, -0.15) is 0 Å². The average molecular weight is 224 g/mol. The molecule has 2 heterocycles. The van der Waals surface area contributed by atoms with Gasteiger partial charge < -0.3 is 10.6 Å². The summed E-state index contributed by atoms with van der Waals surface area (Å²) >= 11 is 0. The van der Waals surface area contributed by atoms with Gasteiger partial charge in [0.25, 0.3) is 0 Å². The van der Waals surface area contributed by atoms with E-state index in [1.54, 1.807) is 0 Å². The van der Waals surface area contributed by atoms with Gasteiger partial charge in [-0.25, -0.2) is 9.59 Å². The monoisotopic (exact) mass is 224 g/mol. The van der Waals surface area contributed by atoms with E-state index in [1.807, 2.05) is 0 Å². The zero-order valence-electron chi connectivity index (χ0n) is 7.94. The Bertz CT molecular complexity index is 386. The van der Waals surface area contributed by atoms with Gasteiger partial charge >= 0.3 is 12.1 Å². The van der Waals surface area contributed by atoms with Gasteiger partial charge in [0.1, 0.15) is 0 Å². The summed E-state index contributed by atoms with van der Waals surface area (Å²) in [5.41, 5.74) is 0. The first-order chi connectivity index (χ1) is 7.58. The smallest absolute Gasteiger partial charge is 0.321 e. The van der Waals surface area contributed by atoms with Crippen molar-refractivity contribution in [1.82, 2.24) is 21.3 Å². The molecule has 0 radical (unpaired) electrons. The Morgan fingerprint density at radius 3 is 1.44 bits per heavy atom. The minimum Gasteiger partial charge on any atom is -0.333 e. The first kappa shape index (κ1) is 9.13. The number of carbonyl (C=O) groups is 4. The lowest BCUT2D eigenvalue weighted by atomic mass is 9.62. The van der Waals surface area contributed by atoms with Crippen LogP contribution >= 0.6 is 0 Å². The largest absolute Gasteiger partial charge is 0.333 e. The SMILES string of the molecule is O=C1NC(=O)C2C(N1)C1C(=O)NC(=O)NC21. The van der Waals surface area contributed by atoms with Crippen molar-refractivity contribution < 1.29 is 19.2 Å². The van der Waals surface area contributed by atoms with Crippen LogP contribution in [0.1, 0.15) is 0 Å². The summed E-state index contributed by atoms with van der Waals surface area (Å²) in [5.74, 6) is -2.02. The highest BCUT2D eigenvalue weighted by Gasteiger charge is 2.62. The van der Waals surface area contributed by atoms with Crippen molar-refractivity contribution in [3.63, 3.8) is 0 Å². The zero-order valence-corrected chi connectivity index (χ0v) is 7.94. The molecule has 0 atom stereocenters. The van der Waals surface area contributed by atoms with Crippen LogP contribution in [0.15, 0.2) is 0 Å². The van der Waals surface area contributed by atoms with Crippen molar-refractivity contribution in [2.75, 3.05) is 0 Å². The van der Waals surface area contributed by atoms with E-state index in [1.165, 1.54) is 0 Å². The first-order valence-corrected chi connectivity index (χ1v) is 4.80. The van der Waals surface area contributed by atoms with Gasteiger partial charge in [-0.3, -0.25) is 20.2 Å². The Morgan fingerprint density at radius 2 is 1.06 bits per heavy atom. The second-order valence-corrected chi connectivity index (χ2v) is 4.03. The minimum atomic E-state index is -0.602. The van der Waals surface area contributed by atoms with Crippen LogP contribution < -0.4 is 21.3 Å². The molecular formula is C8H8N4O4. The summed E-state index contributed by atoms with van der Waals surface area (Å²) in [4.78, 5) is 45.1. The van der Waals surface area contributed by atoms with Crippen LogP contribution in [0.4, 0.5) is 9.59 Å². The van der Waals surface area contributed by atoms with Crippen LogP contribution in [-0.2, 0) is 9.59 Å². The van der Waals surface area contributed by atoms with E-state index in [-0.39, 0.29) is 0 Å². The van der Waals surface area contributed by atoms with Crippen LogP contribution in [-0.4, -0.2) is 36.0 Å². The van der Waals surface area contributed by atoms with Crippen LogP contribution in [0.2, 0.25) is 0 Å². The molecule has 2 saturated heterocycles. The summed E-state index contributed by atoms with van der Waals surface area (Å²) in [6.07, 6.45) is 0. The molecular weight excluding hydrogens is 216 g/mol. The molecule has 6 amide bonds. The summed E-state index contributed by atoms with van der Waals surface area (Å²) in [7, 11) is 0. The molecule has 0 aromatic rings. The van der Waals surface area contributed by atoms with Crippen LogP contribution in [0.5, 0.6) is 0 Å². The highest BCUT2D eigenvalue weighted by molar-refractivity contribution is 6.06. The fourth-order valence-corrected chi connectivity index (χ4v) is 2.52. The summed E-state index contributed by atoms with van der Waals surface area (Å²) in [6, 6.07) is -2.25. The van der Waals surface area contributed by atoms with E-state index in [4.69, 9.17) is 0 Å². The lowest BCUT2D eigenvalue weighted by Crippen LogP contribution is -2.81. The van der Waals surface area contributed by atoms with Crippen molar-refractivity contribution in [3.05, 3.63) is 0 Å². The Hall–Kier alpha value is -2.12. The van der Waals surface area contributed by atoms with E-state index in [2.05, 4.69) is 21.3 Å². The maximum Gasteiger partial charge on any atom is 0.321 e. The van der Waals surface area contributed by atoms with E-state index >= 15 is 0 Å². The first-order valence-electron chi connectivity index (χ1n) is 4.80. The van der Waals surface area contributed by atoms with E-state index in [9.17, 15) is 19.2 Å². The number of imide groups is 2. The molecule has 16 heavy (non-hydrogen) atoms. The average Bonchev–Trinajstić information content (AvgIpc) is 2.12. The molecule has 8 heteroatoms. The fraction of sp³-hybridized carbons (Fsp3) is 0.500. The third-order valence-corrected chi connectivity index (χ3v) is 3.22. The van der Waals surface area contributed by atoms with Gasteiger partial charge in [-0.05, 0) is 0 Å². The third kappa shape index (κ3) is 0.980. The predicted molar refractivity (Wildman–Crippen MR) is 47.9 cm³/mol. The lowest BCUT2D eigenvalue weighted by molar-refractivity contribution is -0.143. The Morgan fingerprint density at radius 1 is 0.688 bits per heavy atom. The molecule has 0 bridgehead atoms. The molecule has 3 rings (SSSR count). The van der Waals surface area contributed by atoms with Crippen molar-refractivity contribution in [2.45, 2.75) is 12.1 Å². The lowest BCUT2D eigenvalue weighted by Gasteiger charge is -2.53. The molecule has 3 aliphatic rings. The van der Waals surface area contributed by atoms with Gasteiger partial charge in [-0.1, -0.05) is 0 Å². The minimum absolute atomic E-state index is 0.454. The molecule has 0 spiro atoms. The number of hydrogen-bond donors (Lipinski definition) is 4. The number of amides is 6.